The minimum absolute atomic E-state index is 0.0724. The van der Waals surface area contributed by atoms with Crippen molar-refractivity contribution in [2.24, 2.45) is 0 Å². The van der Waals surface area contributed by atoms with Gasteiger partial charge in [-0.05, 0) is 39.7 Å². The molecule has 1 atom stereocenters. The second-order valence-electron chi connectivity index (χ2n) is 6.83. The molecular formula is C16H24FN3O. The number of hydrogen-bond acceptors (Lipinski definition) is 4. The second kappa shape index (κ2) is 5.54. The zero-order chi connectivity index (χ0) is 15.0. The van der Waals surface area contributed by atoms with Crippen LogP contribution in [-0.2, 0) is 11.3 Å². The maximum Gasteiger partial charge on any atom is 0.170 e. The van der Waals surface area contributed by atoms with E-state index < -0.39 is 0 Å². The van der Waals surface area contributed by atoms with E-state index in [9.17, 15) is 4.39 Å². The summed E-state index contributed by atoms with van der Waals surface area (Å²) in [5.74, 6) is 0.254. The van der Waals surface area contributed by atoms with Gasteiger partial charge in [-0.15, -0.1) is 0 Å². The Morgan fingerprint density at radius 3 is 2.90 bits per heavy atom. The maximum atomic E-state index is 14.7. The first-order chi connectivity index (χ1) is 9.94. The van der Waals surface area contributed by atoms with Crippen molar-refractivity contribution < 1.29 is 9.13 Å². The Morgan fingerprint density at radius 2 is 2.24 bits per heavy atom. The summed E-state index contributed by atoms with van der Waals surface area (Å²) in [6.45, 7) is 7.99. The highest BCUT2D eigenvalue weighted by molar-refractivity contribution is 5.44. The number of halogens is 1. The van der Waals surface area contributed by atoms with Crippen LogP contribution in [-0.4, -0.2) is 35.8 Å². The molecule has 0 aromatic carbocycles. The van der Waals surface area contributed by atoms with E-state index in [0.29, 0.717) is 37.1 Å². The minimum atomic E-state index is -0.284. The largest absolute Gasteiger partial charge is 0.369 e. The second-order valence-corrected chi connectivity index (χ2v) is 6.83. The van der Waals surface area contributed by atoms with E-state index >= 15 is 0 Å². The van der Waals surface area contributed by atoms with Crippen molar-refractivity contribution >= 4 is 5.82 Å². The molecule has 116 valence electrons. The fraction of sp³-hybridized carbons (Fsp3) is 0.688. The predicted octanol–water partition coefficient (Wildman–Crippen LogP) is 2.48. The molecule has 3 rings (SSSR count). The first kappa shape index (κ1) is 14.7. The zero-order valence-electron chi connectivity index (χ0n) is 13.0. The van der Waals surface area contributed by atoms with Crippen molar-refractivity contribution in [2.75, 3.05) is 18.0 Å². The molecule has 0 spiro atoms. The number of nitrogens with zero attached hydrogens (tertiary/aromatic N) is 2. The van der Waals surface area contributed by atoms with Gasteiger partial charge in [0.15, 0.2) is 11.6 Å². The van der Waals surface area contributed by atoms with Crippen LogP contribution >= 0.6 is 0 Å². The molecule has 1 saturated carbocycles. The predicted molar refractivity (Wildman–Crippen MR) is 80.9 cm³/mol. The van der Waals surface area contributed by atoms with E-state index in [0.717, 1.165) is 0 Å². The van der Waals surface area contributed by atoms with Gasteiger partial charge in [-0.3, -0.25) is 0 Å². The molecule has 1 aromatic rings. The van der Waals surface area contributed by atoms with Crippen molar-refractivity contribution in [3.63, 3.8) is 0 Å². The average Bonchev–Trinajstić information content (AvgIpc) is 3.19. The quantitative estimate of drug-likeness (QED) is 0.925. The van der Waals surface area contributed by atoms with Crippen LogP contribution in [0.1, 0.15) is 39.2 Å². The van der Waals surface area contributed by atoms with Gasteiger partial charge in [-0.1, -0.05) is 0 Å². The van der Waals surface area contributed by atoms with E-state index in [1.165, 1.54) is 12.8 Å². The van der Waals surface area contributed by atoms with Crippen LogP contribution in [0.15, 0.2) is 12.3 Å². The molecule has 0 radical (unpaired) electrons. The normalized spacial score (nSPS) is 25.1. The molecular weight excluding hydrogens is 269 g/mol. The fourth-order valence-corrected chi connectivity index (χ4v) is 2.99. The van der Waals surface area contributed by atoms with Crippen LogP contribution in [0.5, 0.6) is 0 Å². The molecule has 2 heterocycles. The number of anilines is 1. The monoisotopic (exact) mass is 293 g/mol. The molecule has 4 nitrogen and oxygen atoms in total. The first-order valence-electron chi connectivity index (χ1n) is 7.74. The zero-order valence-corrected chi connectivity index (χ0v) is 13.0. The number of rotatable bonds is 4. The summed E-state index contributed by atoms with van der Waals surface area (Å²) in [6, 6.07) is 2.34. The lowest BCUT2D eigenvalue weighted by atomic mass is 10.1. The number of pyridine rings is 1. The third-order valence-corrected chi connectivity index (χ3v) is 3.98. The first-order valence-corrected chi connectivity index (χ1v) is 7.74. The van der Waals surface area contributed by atoms with Crippen LogP contribution < -0.4 is 10.2 Å². The lowest BCUT2D eigenvalue weighted by Gasteiger charge is -2.42. The molecule has 21 heavy (non-hydrogen) atoms. The summed E-state index contributed by atoms with van der Waals surface area (Å²) in [5, 5.41) is 3.36. The summed E-state index contributed by atoms with van der Waals surface area (Å²) < 4.78 is 20.6. The third kappa shape index (κ3) is 3.52. The number of ether oxygens (including phenoxy) is 1. The lowest BCUT2D eigenvalue weighted by Crippen LogP contribution is -2.52. The van der Waals surface area contributed by atoms with Gasteiger partial charge in [0, 0.05) is 37.4 Å². The van der Waals surface area contributed by atoms with Crippen LogP contribution in [0.4, 0.5) is 10.2 Å². The van der Waals surface area contributed by atoms with E-state index in [-0.39, 0.29) is 17.5 Å². The van der Waals surface area contributed by atoms with Gasteiger partial charge in [0.1, 0.15) is 0 Å². The Kier molecular flexibility index (Phi) is 3.88. The Hall–Kier alpha value is -1.20. The van der Waals surface area contributed by atoms with Gasteiger partial charge < -0.3 is 15.0 Å². The number of morpholine rings is 1. The number of nitrogens with one attached hydrogen (secondary N) is 1. The van der Waals surface area contributed by atoms with E-state index in [1.54, 1.807) is 12.3 Å². The Labute approximate surface area is 125 Å². The molecule has 1 unspecified atom stereocenters. The molecule has 0 bridgehead atoms. The molecule has 1 aliphatic heterocycles. The molecule has 2 aliphatic rings. The molecule has 2 fully saturated rings. The highest BCUT2D eigenvalue weighted by Gasteiger charge is 2.33. The SMILES string of the molecule is CC1CN(c2nccc(CNC3CC3)c2F)CC(C)(C)O1. The highest BCUT2D eigenvalue weighted by atomic mass is 19.1. The van der Waals surface area contributed by atoms with Crippen LogP contribution in [0, 0.1) is 5.82 Å². The summed E-state index contributed by atoms with van der Waals surface area (Å²) in [4.78, 5) is 6.28. The topological polar surface area (TPSA) is 37.4 Å². The molecule has 1 N–H and O–H groups in total. The molecule has 1 saturated heterocycles. The van der Waals surface area contributed by atoms with Crippen LogP contribution in [0.25, 0.3) is 0 Å². The van der Waals surface area contributed by atoms with Crippen molar-refractivity contribution in [2.45, 2.75) is 57.9 Å². The van der Waals surface area contributed by atoms with Gasteiger partial charge >= 0.3 is 0 Å². The van der Waals surface area contributed by atoms with Crippen molar-refractivity contribution in [1.82, 2.24) is 10.3 Å². The standard InChI is InChI=1S/C16H24FN3O/c1-11-9-20(10-16(2,3)21-11)15-14(17)12(6-7-18-15)8-19-13-4-5-13/h6-7,11,13,19H,4-5,8-10H2,1-3H3. The molecule has 5 heteroatoms. The maximum absolute atomic E-state index is 14.7. The molecule has 1 aromatic heterocycles. The molecule has 0 amide bonds. The van der Waals surface area contributed by atoms with Crippen LogP contribution in [0.3, 0.4) is 0 Å². The average molecular weight is 293 g/mol. The highest BCUT2D eigenvalue weighted by Crippen LogP contribution is 2.28. The lowest BCUT2D eigenvalue weighted by molar-refractivity contribution is -0.0753. The summed E-state index contributed by atoms with van der Waals surface area (Å²) in [6.07, 6.45) is 4.18. The van der Waals surface area contributed by atoms with Crippen LogP contribution in [0.2, 0.25) is 0 Å². The fourth-order valence-electron chi connectivity index (χ4n) is 2.99. The van der Waals surface area contributed by atoms with Gasteiger partial charge in [-0.2, -0.15) is 0 Å². The Morgan fingerprint density at radius 1 is 1.48 bits per heavy atom. The van der Waals surface area contributed by atoms with Crippen molar-refractivity contribution in [3.05, 3.63) is 23.6 Å². The van der Waals surface area contributed by atoms with Gasteiger partial charge in [0.05, 0.1) is 11.7 Å². The van der Waals surface area contributed by atoms with Gasteiger partial charge in [0.25, 0.3) is 0 Å². The summed E-state index contributed by atoms with van der Waals surface area (Å²) in [7, 11) is 0. The number of hydrogen-bond donors (Lipinski definition) is 1. The van der Waals surface area contributed by atoms with Gasteiger partial charge in [-0.25, -0.2) is 9.37 Å². The Bertz CT molecular complexity index is 516. The smallest absolute Gasteiger partial charge is 0.170 e. The Balaban J connectivity index is 1.78. The summed E-state index contributed by atoms with van der Waals surface area (Å²) in [5.41, 5.74) is 0.414. The van der Waals surface area contributed by atoms with Crippen molar-refractivity contribution in [1.29, 1.82) is 0 Å². The molecule has 1 aliphatic carbocycles. The summed E-state index contributed by atoms with van der Waals surface area (Å²) >= 11 is 0. The number of aromatic nitrogens is 1. The van der Waals surface area contributed by atoms with Gasteiger partial charge in [0.2, 0.25) is 0 Å². The van der Waals surface area contributed by atoms with E-state index in [1.807, 2.05) is 25.7 Å². The minimum Gasteiger partial charge on any atom is -0.369 e. The van der Waals surface area contributed by atoms with E-state index in [2.05, 4.69) is 10.3 Å². The third-order valence-electron chi connectivity index (χ3n) is 3.98. The van der Waals surface area contributed by atoms with E-state index in [4.69, 9.17) is 4.74 Å². The van der Waals surface area contributed by atoms with Crippen molar-refractivity contribution in [3.8, 4) is 0 Å².